The fraction of sp³-hybridized carbons (Fsp3) is 0.300. The van der Waals surface area contributed by atoms with Gasteiger partial charge in [0, 0.05) is 13.0 Å². The van der Waals surface area contributed by atoms with Gasteiger partial charge in [-0.25, -0.2) is 22.0 Å². The second kappa shape index (κ2) is 8.88. The van der Waals surface area contributed by atoms with Crippen molar-refractivity contribution in [3.8, 4) is 0 Å². The molecule has 1 fully saturated rings. The Bertz CT molecular complexity index is 1040. The number of carboxylic acids is 1. The number of carbonyl (C=O) groups excluding carboxylic acids is 1. The van der Waals surface area contributed by atoms with Crippen molar-refractivity contribution in [2.45, 2.75) is 36.2 Å². The van der Waals surface area contributed by atoms with E-state index in [4.69, 9.17) is 0 Å². The summed E-state index contributed by atoms with van der Waals surface area (Å²) in [4.78, 5) is 24.1. The van der Waals surface area contributed by atoms with Crippen LogP contribution in [0.25, 0.3) is 0 Å². The third kappa shape index (κ3) is 4.82. The number of carboxylic acid groups (broad SMARTS) is 1. The largest absolute Gasteiger partial charge is 0.480 e. The molecular formula is C20H20F2N2O5S. The lowest BCUT2D eigenvalue weighted by atomic mass is 10.1. The SMILES string of the molecule is O=C(O)[C@H](Cc1ccc(F)cc1)NC(=O)[C@@H]1CCCN1S(=O)(=O)c1cccc(F)c1. The van der Waals surface area contributed by atoms with E-state index < -0.39 is 45.6 Å². The summed E-state index contributed by atoms with van der Waals surface area (Å²) >= 11 is 0. The third-order valence-corrected chi connectivity index (χ3v) is 6.78. The van der Waals surface area contributed by atoms with Crippen molar-refractivity contribution in [3.05, 3.63) is 65.7 Å². The summed E-state index contributed by atoms with van der Waals surface area (Å²) in [5.41, 5.74) is 0.500. The van der Waals surface area contributed by atoms with Gasteiger partial charge in [0.2, 0.25) is 15.9 Å². The first-order valence-electron chi connectivity index (χ1n) is 9.23. The van der Waals surface area contributed by atoms with E-state index in [9.17, 15) is 31.9 Å². The molecule has 0 saturated carbocycles. The molecule has 30 heavy (non-hydrogen) atoms. The highest BCUT2D eigenvalue weighted by Crippen LogP contribution is 2.26. The maximum absolute atomic E-state index is 13.5. The van der Waals surface area contributed by atoms with Gasteiger partial charge < -0.3 is 10.4 Å². The second-order valence-electron chi connectivity index (χ2n) is 6.96. The minimum absolute atomic E-state index is 0.0621. The van der Waals surface area contributed by atoms with Gasteiger partial charge in [-0.05, 0) is 48.7 Å². The van der Waals surface area contributed by atoms with Crippen LogP contribution in [0.2, 0.25) is 0 Å². The lowest BCUT2D eigenvalue weighted by Crippen LogP contribution is -2.51. The van der Waals surface area contributed by atoms with E-state index in [0.717, 1.165) is 16.4 Å². The number of amides is 1. The summed E-state index contributed by atoms with van der Waals surface area (Å²) in [5.74, 6) is -3.24. The number of sulfonamides is 1. The van der Waals surface area contributed by atoms with E-state index >= 15 is 0 Å². The Labute approximate surface area is 172 Å². The number of rotatable bonds is 7. The van der Waals surface area contributed by atoms with Crippen LogP contribution in [0.15, 0.2) is 53.4 Å². The van der Waals surface area contributed by atoms with E-state index in [1.165, 1.54) is 36.4 Å². The average Bonchev–Trinajstić information content (AvgIpc) is 3.20. The van der Waals surface area contributed by atoms with Gasteiger partial charge in [0.05, 0.1) is 4.90 Å². The smallest absolute Gasteiger partial charge is 0.326 e. The van der Waals surface area contributed by atoms with Gasteiger partial charge in [-0.3, -0.25) is 4.79 Å². The number of carbonyl (C=O) groups is 2. The monoisotopic (exact) mass is 438 g/mol. The van der Waals surface area contributed by atoms with Crippen LogP contribution in [0.4, 0.5) is 8.78 Å². The Hall–Kier alpha value is -2.85. The lowest BCUT2D eigenvalue weighted by molar-refractivity contribution is -0.142. The van der Waals surface area contributed by atoms with Gasteiger partial charge in [0.15, 0.2) is 0 Å². The Morgan fingerprint density at radius 1 is 1.13 bits per heavy atom. The summed E-state index contributed by atoms with van der Waals surface area (Å²) in [6.45, 7) is 0.0621. The molecule has 3 rings (SSSR count). The fourth-order valence-corrected chi connectivity index (χ4v) is 5.07. The fourth-order valence-electron chi connectivity index (χ4n) is 3.38. The van der Waals surface area contributed by atoms with Gasteiger partial charge in [0.1, 0.15) is 23.7 Å². The van der Waals surface area contributed by atoms with E-state index in [0.29, 0.717) is 12.0 Å². The molecule has 7 nitrogen and oxygen atoms in total. The summed E-state index contributed by atoms with van der Waals surface area (Å²) in [5, 5.41) is 11.8. The van der Waals surface area contributed by atoms with Gasteiger partial charge in [-0.2, -0.15) is 4.31 Å². The first-order chi connectivity index (χ1) is 14.2. The molecule has 0 bridgehead atoms. The van der Waals surface area contributed by atoms with Crippen molar-refractivity contribution in [3.63, 3.8) is 0 Å². The van der Waals surface area contributed by atoms with Crippen molar-refractivity contribution in [1.29, 1.82) is 0 Å². The minimum Gasteiger partial charge on any atom is -0.480 e. The van der Waals surface area contributed by atoms with E-state index in [2.05, 4.69) is 5.32 Å². The van der Waals surface area contributed by atoms with Gasteiger partial charge >= 0.3 is 5.97 Å². The molecule has 0 unspecified atom stereocenters. The van der Waals surface area contributed by atoms with Crippen molar-refractivity contribution in [1.82, 2.24) is 9.62 Å². The maximum atomic E-state index is 13.5. The molecule has 1 aliphatic rings. The summed E-state index contributed by atoms with van der Waals surface area (Å²) in [7, 11) is -4.13. The Morgan fingerprint density at radius 2 is 1.83 bits per heavy atom. The van der Waals surface area contributed by atoms with Crippen LogP contribution < -0.4 is 5.32 Å². The first kappa shape index (κ1) is 21.8. The highest BCUT2D eigenvalue weighted by Gasteiger charge is 2.40. The average molecular weight is 438 g/mol. The number of hydrogen-bond acceptors (Lipinski definition) is 4. The molecule has 160 valence electrons. The second-order valence-corrected chi connectivity index (χ2v) is 8.85. The molecule has 10 heteroatoms. The number of aliphatic carboxylic acids is 1. The predicted octanol–water partition coefficient (Wildman–Crippen LogP) is 1.93. The van der Waals surface area contributed by atoms with Gasteiger partial charge in [-0.15, -0.1) is 0 Å². The van der Waals surface area contributed by atoms with Crippen LogP contribution in [0.1, 0.15) is 18.4 Å². The Morgan fingerprint density at radius 3 is 2.47 bits per heavy atom. The van der Waals surface area contributed by atoms with E-state index in [-0.39, 0.29) is 24.3 Å². The van der Waals surface area contributed by atoms with Gasteiger partial charge in [-0.1, -0.05) is 18.2 Å². The van der Waals surface area contributed by atoms with Crippen molar-refractivity contribution in [2.24, 2.45) is 0 Å². The van der Waals surface area contributed by atoms with E-state index in [1.54, 1.807) is 0 Å². The molecule has 0 aliphatic carbocycles. The van der Waals surface area contributed by atoms with E-state index in [1.807, 2.05) is 0 Å². The highest BCUT2D eigenvalue weighted by molar-refractivity contribution is 7.89. The highest BCUT2D eigenvalue weighted by atomic mass is 32.2. The molecule has 2 N–H and O–H groups in total. The molecule has 2 atom stereocenters. The van der Waals surface area contributed by atoms with Crippen LogP contribution in [-0.4, -0.2) is 48.3 Å². The lowest BCUT2D eigenvalue weighted by Gasteiger charge is -2.25. The van der Waals surface area contributed by atoms with Crippen molar-refractivity contribution in [2.75, 3.05) is 6.54 Å². The molecule has 0 radical (unpaired) electrons. The minimum atomic E-state index is -4.13. The number of hydrogen-bond donors (Lipinski definition) is 2. The third-order valence-electron chi connectivity index (χ3n) is 4.88. The molecule has 1 heterocycles. The van der Waals surface area contributed by atoms with Crippen LogP contribution >= 0.6 is 0 Å². The molecule has 1 aliphatic heterocycles. The maximum Gasteiger partial charge on any atom is 0.326 e. The summed E-state index contributed by atoms with van der Waals surface area (Å²) in [6.07, 6.45) is 0.524. The summed E-state index contributed by atoms with van der Waals surface area (Å²) in [6, 6.07) is 7.24. The summed E-state index contributed by atoms with van der Waals surface area (Å²) < 4.78 is 53.2. The zero-order valence-corrected chi connectivity index (χ0v) is 16.6. The van der Waals surface area contributed by atoms with Crippen LogP contribution in [0.5, 0.6) is 0 Å². The zero-order chi connectivity index (χ0) is 21.9. The molecule has 1 amide bonds. The predicted molar refractivity (Wildman–Crippen MR) is 103 cm³/mol. The number of halogens is 2. The quantitative estimate of drug-likeness (QED) is 0.688. The first-order valence-corrected chi connectivity index (χ1v) is 10.7. The number of nitrogens with zero attached hydrogens (tertiary/aromatic N) is 1. The standard InChI is InChI=1S/C20H20F2N2O5S/c21-14-8-6-13(7-9-14)11-17(20(26)27)23-19(25)18-5-2-10-24(18)30(28,29)16-4-1-3-15(22)12-16/h1,3-4,6-9,12,17-18H,2,5,10-11H2,(H,23,25)(H,26,27)/t17-,18-/m0/s1. The van der Waals surface area contributed by atoms with Crippen LogP contribution in [0.3, 0.4) is 0 Å². The zero-order valence-electron chi connectivity index (χ0n) is 15.8. The van der Waals surface area contributed by atoms with Crippen molar-refractivity contribution >= 4 is 21.9 Å². The molecule has 0 aromatic heterocycles. The molecule has 2 aromatic rings. The molecular weight excluding hydrogens is 418 g/mol. The van der Waals surface area contributed by atoms with Crippen LogP contribution in [-0.2, 0) is 26.0 Å². The number of nitrogens with one attached hydrogen (secondary N) is 1. The molecule has 2 aromatic carbocycles. The van der Waals surface area contributed by atoms with Crippen LogP contribution in [0, 0.1) is 11.6 Å². The molecule has 1 saturated heterocycles. The molecule has 0 spiro atoms. The Kier molecular flexibility index (Phi) is 6.47. The topological polar surface area (TPSA) is 104 Å². The normalized spacial score (nSPS) is 18.1. The number of benzene rings is 2. The van der Waals surface area contributed by atoms with Crippen molar-refractivity contribution < 1.29 is 31.9 Å². The van der Waals surface area contributed by atoms with Gasteiger partial charge in [0.25, 0.3) is 0 Å². The Balaban J connectivity index is 1.77.